The van der Waals surface area contributed by atoms with E-state index in [2.05, 4.69) is 12.2 Å². The zero-order valence-corrected chi connectivity index (χ0v) is 11.9. The smallest absolute Gasteiger partial charge is 0.233 e. The minimum absolute atomic E-state index is 0.138. The summed E-state index contributed by atoms with van der Waals surface area (Å²) in [6, 6.07) is 3.07. The van der Waals surface area contributed by atoms with Crippen molar-refractivity contribution < 1.29 is 18.4 Å². The topological polar surface area (TPSA) is 49.4 Å². The highest BCUT2D eigenvalue weighted by atomic mass is 19.2. The summed E-state index contributed by atoms with van der Waals surface area (Å²) >= 11 is 0. The fourth-order valence-corrected chi connectivity index (χ4v) is 2.44. The number of hydrogen-bond donors (Lipinski definition) is 1. The molecule has 1 aromatic carbocycles. The van der Waals surface area contributed by atoms with Crippen molar-refractivity contribution in [1.29, 1.82) is 0 Å². The summed E-state index contributed by atoms with van der Waals surface area (Å²) in [6.45, 7) is 3.40. The van der Waals surface area contributed by atoms with Crippen LogP contribution in [-0.2, 0) is 9.59 Å². The van der Waals surface area contributed by atoms with E-state index >= 15 is 0 Å². The molecule has 0 radical (unpaired) electrons. The molecule has 1 aliphatic rings. The lowest BCUT2D eigenvalue weighted by molar-refractivity contribution is -0.136. The Morgan fingerprint density at radius 2 is 2.10 bits per heavy atom. The maximum atomic E-state index is 13.0. The van der Waals surface area contributed by atoms with Gasteiger partial charge in [0.15, 0.2) is 11.6 Å². The van der Waals surface area contributed by atoms with Crippen LogP contribution in [0.5, 0.6) is 0 Å². The van der Waals surface area contributed by atoms with Crippen LogP contribution in [0, 0.1) is 17.6 Å². The minimum Gasteiger partial charge on any atom is -0.342 e. The summed E-state index contributed by atoms with van der Waals surface area (Å²) in [7, 11) is 0. The number of carbonyl (C=O) groups excluding carboxylic acids is 2. The number of anilines is 1. The van der Waals surface area contributed by atoms with Crippen molar-refractivity contribution in [2.45, 2.75) is 26.2 Å². The second-order valence-corrected chi connectivity index (χ2v) is 5.44. The van der Waals surface area contributed by atoms with Crippen LogP contribution in [0.4, 0.5) is 14.5 Å². The summed E-state index contributed by atoms with van der Waals surface area (Å²) in [5.41, 5.74) is 0.138. The van der Waals surface area contributed by atoms with Gasteiger partial charge >= 0.3 is 0 Å². The van der Waals surface area contributed by atoms with E-state index < -0.39 is 17.5 Å². The lowest BCUT2D eigenvalue weighted by atomic mass is 10.00. The zero-order valence-electron chi connectivity index (χ0n) is 11.9. The lowest BCUT2D eigenvalue weighted by Gasteiger charge is -2.30. The zero-order chi connectivity index (χ0) is 15.4. The van der Waals surface area contributed by atoms with E-state index in [0.717, 1.165) is 25.0 Å². The van der Waals surface area contributed by atoms with Crippen molar-refractivity contribution in [1.82, 2.24) is 4.90 Å². The standard InChI is InChI=1S/C15H18F2N2O2/c1-10-3-2-6-19(9-10)15(21)8-14(20)18-11-4-5-12(16)13(17)7-11/h4-5,7,10H,2-3,6,8-9H2,1H3,(H,18,20). The molecule has 2 rings (SSSR count). The third-order valence-corrected chi connectivity index (χ3v) is 3.52. The first-order valence-electron chi connectivity index (χ1n) is 6.98. The molecule has 114 valence electrons. The third kappa shape index (κ3) is 4.24. The molecule has 1 saturated heterocycles. The van der Waals surface area contributed by atoms with E-state index in [-0.39, 0.29) is 18.0 Å². The summed E-state index contributed by atoms with van der Waals surface area (Å²) in [6.07, 6.45) is 1.74. The van der Waals surface area contributed by atoms with Crippen LogP contribution in [0.3, 0.4) is 0 Å². The van der Waals surface area contributed by atoms with E-state index in [1.807, 2.05) is 0 Å². The van der Waals surface area contributed by atoms with Crippen LogP contribution in [-0.4, -0.2) is 29.8 Å². The normalized spacial score (nSPS) is 18.4. The highest BCUT2D eigenvalue weighted by Gasteiger charge is 2.22. The molecule has 1 fully saturated rings. The molecule has 6 heteroatoms. The number of hydrogen-bond acceptors (Lipinski definition) is 2. The number of nitrogens with zero attached hydrogens (tertiary/aromatic N) is 1. The molecule has 1 unspecified atom stereocenters. The van der Waals surface area contributed by atoms with Gasteiger partial charge in [-0.1, -0.05) is 6.92 Å². The summed E-state index contributed by atoms with van der Waals surface area (Å²) in [5.74, 6) is -2.34. The SMILES string of the molecule is CC1CCCN(C(=O)CC(=O)Nc2ccc(F)c(F)c2)C1. The van der Waals surface area contributed by atoms with Crippen LogP contribution in [0.1, 0.15) is 26.2 Å². The average Bonchev–Trinajstić information content (AvgIpc) is 2.43. The number of likely N-dealkylation sites (tertiary alicyclic amines) is 1. The molecule has 0 saturated carbocycles. The summed E-state index contributed by atoms with van der Waals surface area (Å²) < 4.78 is 25.8. The van der Waals surface area contributed by atoms with Gasteiger partial charge in [0.2, 0.25) is 11.8 Å². The Balaban J connectivity index is 1.88. The van der Waals surface area contributed by atoms with Gasteiger partial charge in [-0.3, -0.25) is 9.59 Å². The van der Waals surface area contributed by atoms with Crippen LogP contribution >= 0.6 is 0 Å². The van der Waals surface area contributed by atoms with E-state index in [4.69, 9.17) is 0 Å². The van der Waals surface area contributed by atoms with Gasteiger partial charge in [0.05, 0.1) is 0 Å². The Bertz CT molecular complexity index is 548. The largest absolute Gasteiger partial charge is 0.342 e. The van der Waals surface area contributed by atoms with E-state index in [9.17, 15) is 18.4 Å². The number of rotatable bonds is 3. The van der Waals surface area contributed by atoms with Gasteiger partial charge in [-0.2, -0.15) is 0 Å². The fraction of sp³-hybridized carbons (Fsp3) is 0.467. The van der Waals surface area contributed by atoms with Crippen LogP contribution in [0.15, 0.2) is 18.2 Å². The van der Waals surface area contributed by atoms with Crippen molar-refractivity contribution >= 4 is 17.5 Å². The molecule has 1 aromatic rings. The number of piperidine rings is 1. The van der Waals surface area contributed by atoms with Crippen molar-refractivity contribution in [3.63, 3.8) is 0 Å². The van der Waals surface area contributed by atoms with Crippen molar-refractivity contribution in [3.8, 4) is 0 Å². The molecule has 21 heavy (non-hydrogen) atoms. The monoisotopic (exact) mass is 296 g/mol. The quantitative estimate of drug-likeness (QED) is 0.871. The Morgan fingerprint density at radius 1 is 1.33 bits per heavy atom. The second-order valence-electron chi connectivity index (χ2n) is 5.44. The maximum absolute atomic E-state index is 13.0. The Morgan fingerprint density at radius 3 is 2.76 bits per heavy atom. The molecule has 4 nitrogen and oxygen atoms in total. The molecule has 1 atom stereocenters. The fourth-order valence-electron chi connectivity index (χ4n) is 2.44. The first-order valence-corrected chi connectivity index (χ1v) is 6.98. The van der Waals surface area contributed by atoms with Crippen LogP contribution in [0.25, 0.3) is 0 Å². The van der Waals surface area contributed by atoms with Crippen molar-refractivity contribution in [2.75, 3.05) is 18.4 Å². The Labute approximate surface area is 122 Å². The molecule has 1 N–H and O–H groups in total. The van der Waals surface area contributed by atoms with Crippen molar-refractivity contribution in [2.24, 2.45) is 5.92 Å². The van der Waals surface area contributed by atoms with Crippen molar-refractivity contribution in [3.05, 3.63) is 29.8 Å². The molecule has 1 heterocycles. The lowest BCUT2D eigenvalue weighted by Crippen LogP contribution is -2.40. The average molecular weight is 296 g/mol. The molecular formula is C15H18F2N2O2. The number of benzene rings is 1. The number of nitrogens with one attached hydrogen (secondary N) is 1. The van der Waals surface area contributed by atoms with Gasteiger partial charge in [0, 0.05) is 24.8 Å². The van der Waals surface area contributed by atoms with E-state index in [1.54, 1.807) is 4.90 Å². The first kappa shape index (κ1) is 15.4. The van der Waals surface area contributed by atoms with E-state index in [0.29, 0.717) is 19.0 Å². The van der Waals surface area contributed by atoms with Crippen LogP contribution in [0.2, 0.25) is 0 Å². The maximum Gasteiger partial charge on any atom is 0.233 e. The predicted octanol–water partition coefficient (Wildman–Crippen LogP) is 2.55. The molecule has 0 aromatic heterocycles. The summed E-state index contributed by atoms with van der Waals surface area (Å²) in [4.78, 5) is 25.4. The predicted molar refractivity (Wildman–Crippen MR) is 74.6 cm³/mol. The highest BCUT2D eigenvalue weighted by molar-refractivity contribution is 6.03. The molecular weight excluding hydrogens is 278 g/mol. The minimum atomic E-state index is -1.04. The third-order valence-electron chi connectivity index (χ3n) is 3.52. The first-order chi connectivity index (χ1) is 9.95. The number of halogens is 2. The highest BCUT2D eigenvalue weighted by Crippen LogP contribution is 2.17. The van der Waals surface area contributed by atoms with Gasteiger partial charge in [0.25, 0.3) is 0 Å². The van der Waals surface area contributed by atoms with Gasteiger partial charge in [-0.15, -0.1) is 0 Å². The molecule has 0 bridgehead atoms. The molecule has 1 aliphatic heterocycles. The molecule has 2 amide bonds. The molecule has 0 spiro atoms. The van der Waals surface area contributed by atoms with Gasteiger partial charge < -0.3 is 10.2 Å². The Hall–Kier alpha value is -1.98. The van der Waals surface area contributed by atoms with Crippen LogP contribution < -0.4 is 5.32 Å². The van der Waals surface area contributed by atoms with E-state index in [1.165, 1.54) is 6.07 Å². The van der Waals surface area contributed by atoms with Gasteiger partial charge in [-0.05, 0) is 30.9 Å². The second kappa shape index (κ2) is 6.65. The van der Waals surface area contributed by atoms with Gasteiger partial charge in [-0.25, -0.2) is 8.78 Å². The number of amides is 2. The molecule has 0 aliphatic carbocycles. The summed E-state index contributed by atoms with van der Waals surface area (Å²) in [5, 5.41) is 2.40. The number of carbonyl (C=O) groups is 2. The van der Waals surface area contributed by atoms with Gasteiger partial charge in [0.1, 0.15) is 6.42 Å². The Kier molecular flexibility index (Phi) is 4.88.